The summed E-state index contributed by atoms with van der Waals surface area (Å²) >= 11 is 0. The summed E-state index contributed by atoms with van der Waals surface area (Å²) in [5.41, 5.74) is 0. The third-order valence-electron chi connectivity index (χ3n) is 1.63. The Kier molecular flexibility index (Phi) is 5.38. The largest absolute Gasteiger partial charge is 0.639 e. The highest BCUT2D eigenvalue weighted by molar-refractivity contribution is 6.36. The fourth-order valence-electron chi connectivity index (χ4n) is 1.00. The summed E-state index contributed by atoms with van der Waals surface area (Å²) in [6.45, 7) is 0.653. The molecular weight excluding hydrogens is 191 g/mol. The van der Waals surface area contributed by atoms with Gasteiger partial charge < -0.3 is 28.9 Å². The summed E-state index contributed by atoms with van der Waals surface area (Å²) in [7, 11) is 0.692. The Labute approximate surface area is 82.9 Å². The van der Waals surface area contributed by atoms with Crippen molar-refractivity contribution in [2.75, 3.05) is 33.5 Å². The lowest BCUT2D eigenvalue weighted by atomic mass is 10.1. The van der Waals surface area contributed by atoms with Crippen LogP contribution in [0.5, 0.6) is 0 Å². The molecule has 0 spiro atoms. The monoisotopic (exact) mass is 206 g/mol. The number of ether oxygens (including phenoxy) is 1. The SMILES string of the molecule is COCC(O)COB1OCC(O)CO1. The van der Waals surface area contributed by atoms with Crippen molar-refractivity contribution in [3.05, 3.63) is 0 Å². The maximum absolute atomic E-state index is 9.22. The van der Waals surface area contributed by atoms with Crippen molar-refractivity contribution in [1.82, 2.24) is 0 Å². The summed E-state index contributed by atoms with van der Waals surface area (Å²) in [5.74, 6) is 0. The zero-order valence-corrected chi connectivity index (χ0v) is 8.09. The van der Waals surface area contributed by atoms with Crippen LogP contribution in [0.2, 0.25) is 0 Å². The van der Waals surface area contributed by atoms with E-state index < -0.39 is 19.5 Å². The molecule has 2 N–H and O–H groups in total. The normalized spacial score (nSPS) is 21.2. The predicted molar refractivity (Wildman–Crippen MR) is 47.5 cm³/mol. The second-order valence-electron chi connectivity index (χ2n) is 3.05. The van der Waals surface area contributed by atoms with Gasteiger partial charge in [-0.25, -0.2) is 0 Å². The van der Waals surface area contributed by atoms with E-state index in [-0.39, 0.29) is 26.4 Å². The van der Waals surface area contributed by atoms with E-state index in [2.05, 4.69) is 0 Å². The maximum atomic E-state index is 9.22. The molecule has 6 nitrogen and oxygen atoms in total. The van der Waals surface area contributed by atoms with Gasteiger partial charge in [0.2, 0.25) is 0 Å². The van der Waals surface area contributed by atoms with E-state index in [4.69, 9.17) is 23.8 Å². The molecule has 1 fully saturated rings. The molecule has 0 aromatic carbocycles. The van der Waals surface area contributed by atoms with Gasteiger partial charge in [-0.15, -0.1) is 0 Å². The Hall–Kier alpha value is -0.175. The van der Waals surface area contributed by atoms with Gasteiger partial charge in [-0.2, -0.15) is 0 Å². The van der Waals surface area contributed by atoms with Gasteiger partial charge in [0.25, 0.3) is 0 Å². The molecule has 7 heteroatoms. The highest BCUT2D eigenvalue weighted by Gasteiger charge is 2.29. The molecule has 0 bridgehead atoms. The Bertz CT molecular complexity index is 149. The summed E-state index contributed by atoms with van der Waals surface area (Å²) in [6.07, 6.45) is -1.29. The van der Waals surface area contributed by atoms with Crippen LogP contribution < -0.4 is 0 Å². The molecular formula is C7H15BO6. The molecule has 0 aromatic heterocycles. The van der Waals surface area contributed by atoms with Gasteiger partial charge in [-0.05, 0) is 0 Å². The lowest BCUT2D eigenvalue weighted by Crippen LogP contribution is -2.42. The van der Waals surface area contributed by atoms with E-state index >= 15 is 0 Å². The molecule has 1 aliphatic rings. The molecule has 82 valence electrons. The average molecular weight is 206 g/mol. The first-order chi connectivity index (χ1) is 6.72. The number of hydrogen-bond acceptors (Lipinski definition) is 6. The first-order valence-electron chi connectivity index (χ1n) is 4.42. The number of methoxy groups -OCH3 is 1. The van der Waals surface area contributed by atoms with E-state index in [9.17, 15) is 5.11 Å². The molecule has 1 aliphatic heterocycles. The van der Waals surface area contributed by atoms with Crippen LogP contribution in [-0.4, -0.2) is 63.3 Å². The van der Waals surface area contributed by atoms with Crippen molar-refractivity contribution < 1.29 is 28.9 Å². The maximum Gasteiger partial charge on any atom is 0.639 e. The van der Waals surface area contributed by atoms with Crippen molar-refractivity contribution in [1.29, 1.82) is 0 Å². The van der Waals surface area contributed by atoms with Gasteiger partial charge in [0.15, 0.2) is 0 Å². The van der Waals surface area contributed by atoms with Gasteiger partial charge in [-0.3, -0.25) is 0 Å². The first-order valence-corrected chi connectivity index (χ1v) is 4.42. The molecule has 1 heterocycles. The number of hydrogen-bond donors (Lipinski definition) is 2. The lowest BCUT2D eigenvalue weighted by molar-refractivity contribution is -0.0461. The van der Waals surface area contributed by atoms with Crippen LogP contribution >= 0.6 is 0 Å². The van der Waals surface area contributed by atoms with Crippen LogP contribution in [0.25, 0.3) is 0 Å². The summed E-state index contributed by atoms with van der Waals surface area (Å²) in [6, 6.07) is 0. The van der Waals surface area contributed by atoms with E-state index in [0.29, 0.717) is 0 Å². The Morgan fingerprint density at radius 2 is 2.07 bits per heavy atom. The summed E-state index contributed by atoms with van der Waals surface area (Å²) in [5, 5.41) is 18.2. The third-order valence-corrected chi connectivity index (χ3v) is 1.63. The van der Waals surface area contributed by atoms with Crippen molar-refractivity contribution in [2.45, 2.75) is 12.2 Å². The molecule has 0 saturated carbocycles. The third kappa shape index (κ3) is 4.36. The topological polar surface area (TPSA) is 77.4 Å². The highest BCUT2D eigenvalue weighted by atomic mass is 16.7. The fourth-order valence-corrected chi connectivity index (χ4v) is 1.00. The Morgan fingerprint density at radius 1 is 1.43 bits per heavy atom. The molecule has 1 atom stereocenters. The van der Waals surface area contributed by atoms with Crippen LogP contribution in [0.1, 0.15) is 0 Å². The summed E-state index contributed by atoms with van der Waals surface area (Å²) in [4.78, 5) is 0. The number of rotatable bonds is 5. The zero-order valence-electron chi connectivity index (χ0n) is 8.09. The lowest BCUT2D eigenvalue weighted by Gasteiger charge is -2.23. The molecule has 1 rings (SSSR count). The average Bonchev–Trinajstić information content (AvgIpc) is 2.17. The Balaban J connectivity index is 2.06. The smallest absolute Gasteiger partial charge is 0.388 e. The van der Waals surface area contributed by atoms with Gasteiger partial charge in [0.05, 0.1) is 38.6 Å². The van der Waals surface area contributed by atoms with Crippen molar-refractivity contribution >= 4 is 7.32 Å². The predicted octanol–water partition coefficient (Wildman–Crippen LogP) is -1.60. The zero-order chi connectivity index (χ0) is 10.4. The van der Waals surface area contributed by atoms with E-state index in [0.717, 1.165) is 0 Å². The van der Waals surface area contributed by atoms with E-state index in [1.807, 2.05) is 0 Å². The van der Waals surface area contributed by atoms with Crippen molar-refractivity contribution in [3.8, 4) is 0 Å². The molecule has 1 saturated heterocycles. The van der Waals surface area contributed by atoms with Gasteiger partial charge >= 0.3 is 7.32 Å². The minimum absolute atomic E-state index is 0.0780. The van der Waals surface area contributed by atoms with Gasteiger partial charge in [0, 0.05) is 7.11 Å². The van der Waals surface area contributed by atoms with Crippen LogP contribution in [0.3, 0.4) is 0 Å². The van der Waals surface area contributed by atoms with E-state index in [1.165, 1.54) is 7.11 Å². The molecule has 14 heavy (non-hydrogen) atoms. The molecule has 0 aliphatic carbocycles. The minimum atomic E-state index is -0.801. The van der Waals surface area contributed by atoms with E-state index in [1.54, 1.807) is 0 Å². The standard InChI is InChI=1S/C7H15BO6/c1-11-2-6(9)3-12-8-13-4-7(10)5-14-8/h6-7,9-10H,2-5H2,1H3. The number of aliphatic hydroxyl groups excluding tert-OH is 2. The minimum Gasteiger partial charge on any atom is -0.388 e. The number of aliphatic hydroxyl groups is 2. The summed E-state index contributed by atoms with van der Waals surface area (Å²) < 4.78 is 19.7. The van der Waals surface area contributed by atoms with Crippen LogP contribution in [0.4, 0.5) is 0 Å². The Morgan fingerprint density at radius 3 is 2.64 bits per heavy atom. The quantitative estimate of drug-likeness (QED) is 0.527. The van der Waals surface area contributed by atoms with Crippen LogP contribution in [0.15, 0.2) is 0 Å². The fraction of sp³-hybridized carbons (Fsp3) is 1.00. The first kappa shape index (κ1) is 11.9. The molecule has 1 unspecified atom stereocenters. The molecule has 0 radical (unpaired) electrons. The van der Waals surface area contributed by atoms with Gasteiger partial charge in [-0.1, -0.05) is 0 Å². The van der Waals surface area contributed by atoms with Crippen LogP contribution in [-0.2, 0) is 18.7 Å². The molecule has 0 amide bonds. The van der Waals surface area contributed by atoms with Crippen molar-refractivity contribution in [2.24, 2.45) is 0 Å². The van der Waals surface area contributed by atoms with Gasteiger partial charge in [0.1, 0.15) is 0 Å². The highest BCUT2D eigenvalue weighted by Crippen LogP contribution is 2.03. The van der Waals surface area contributed by atoms with Crippen LogP contribution in [0, 0.1) is 0 Å². The second kappa shape index (κ2) is 6.33. The molecule has 0 aromatic rings. The second-order valence-corrected chi connectivity index (χ2v) is 3.05. The van der Waals surface area contributed by atoms with Crippen molar-refractivity contribution in [3.63, 3.8) is 0 Å².